The summed E-state index contributed by atoms with van der Waals surface area (Å²) in [6.45, 7) is 8.24. The van der Waals surface area contributed by atoms with Crippen LogP contribution in [0.3, 0.4) is 0 Å². The van der Waals surface area contributed by atoms with Gasteiger partial charge in [-0.1, -0.05) is 26.0 Å². The lowest BCUT2D eigenvalue weighted by molar-refractivity contribution is 0.116. The van der Waals surface area contributed by atoms with Crippen LogP contribution < -0.4 is 10.1 Å². The van der Waals surface area contributed by atoms with Crippen LogP contribution in [0.5, 0.6) is 5.75 Å². The second kappa shape index (κ2) is 8.91. The largest absolute Gasteiger partial charge is 0.497 e. The predicted molar refractivity (Wildman–Crippen MR) is 78.5 cm³/mol. The van der Waals surface area contributed by atoms with Crippen LogP contribution in [0.25, 0.3) is 0 Å². The summed E-state index contributed by atoms with van der Waals surface area (Å²) in [5.74, 6) is 0.864. The third kappa shape index (κ3) is 6.05. The first-order chi connectivity index (χ1) is 9.19. The monoisotopic (exact) mass is 266 g/mol. The number of hydrogen-bond acceptors (Lipinski definition) is 4. The third-order valence-corrected chi connectivity index (χ3v) is 3.21. The van der Waals surface area contributed by atoms with Crippen LogP contribution in [0.15, 0.2) is 24.3 Å². The smallest absolute Gasteiger partial charge is 0.119 e. The van der Waals surface area contributed by atoms with Crippen LogP contribution in [0, 0.1) is 0 Å². The highest BCUT2D eigenvalue weighted by atomic mass is 16.5. The molecule has 2 N–H and O–H groups in total. The van der Waals surface area contributed by atoms with Crippen molar-refractivity contribution < 1.29 is 9.84 Å². The van der Waals surface area contributed by atoms with E-state index in [1.165, 1.54) is 0 Å². The Balaban J connectivity index is 2.29. The molecule has 0 aliphatic carbocycles. The molecule has 1 atom stereocenters. The van der Waals surface area contributed by atoms with E-state index >= 15 is 0 Å². The first kappa shape index (κ1) is 16.0. The number of benzene rings is 1. The average molecular weight is 266 g/mol. The summed E-state index contributed by atoms with van der Waals surface area (Å²) in [5, 5.41) is 13.2. The van der Waals surface area contributed by atoms with Crippen LogP contribution in [-0.2, 0) is 6.54 Å². The number of rotatable bonds is 9. The molecule has 1 unspecified atom stereocenters. The minimum Gasteiger partial charge on any atom is -0.497 e. The molecule has 108 valence electrons. The van der Waals surface area contributed by atoms with E-state index < -0.39 is 0 Å². The van der Waals surface area contributed by atoms with Gasteiger partial charge in [-0.05, 0) is 30.8 Å². The maximum atomic E-state index is 9.93. The Hall–Kier alpha value is -1.10. The number of nitrogens with zero attached hydrogens (tertiary/aromatic N) is 1. The van der Waals surface area contributed by atoms with Gasteiger partial charge in [-0.2, -0.15) is 0 Å². The van der Waals surface area contributed by atoms with E-state index in [4.69, 9.17) is 4.74 Å². The molecule has 1 rings (SSSR count). The first-order valence-electron chi connectivity index (χ1n) is 6.93. The highest BCUT2D eigenvalue weighted by Gasteiger charge is 2.08. The summed E-state index contributed by atoms with van der Waals surface area (Å²) < 4.78 is 5.18. The Labute approximate surface area is 116 Å². The highest BCUT2D eigenvalue weighted by Crippen LogP contribution is 2.12. The van der Waals surface area contributed by atoms with E-state index in [2.05, 4.69) is 24.1 Å². The van der Waals surface area contributed by atoms with Crippen LogP contribution >= 0.6 is 0 Å². The van der Waals surface area contributed by atoms with E-state index in [1.807, 2.05) is 24.3 Å². The Bertz CT molecular complexity index is 354. The molecule has 4 heteroatoms. The summed E-state index contributed by atoms with van der Waals surface area (Å²) in [6, 6.07) is 7.96. The molecule has 0 fully saturated rings. The topological polar surface area (TPSA) is 44.7 Å². The predicted octanol–water partition coefficient (Wildman–Crippen LogP) is 1.49. The van der Waals surface area contributed by atoms with E-state index in [0.29, 0.717) is 6.54 Å². The lowest BCUT2D eigenvalue weighted by atomic mass is 10.2. The second-order valence-electron chi connectivity index (χ2n) is 4.62. The van der Waals surface area contributed by atoms with Crippen molar-refractivity contribution in [3.05, 3.63) is 29.8 Å². The van der Waals surface area contributed by atoms with Gasteiger partial charge in [0.1, 0.15) is 5.75 Å². The number of methoxy groups -OCH3 is 1. The van der Waals surface area contributed by atoms with E-state index in [-0.39, 0.29) is 6.10 Å². The highest BCUT2D eigenvalue weighted by molar-refractivity contribution is 5.28. The maximum absolute atomic E-state index is 9.93. The van der Waals surface area contributed by atoms with Crippen LogP contribution in [0.1, 0.15) is 19.4 Å². The fraction of sp³-hybridized carbons (Fsp3) is 0.600. The summed E-state index contributed by atoms with van der Waals surface area (Å²) >= 11 is 0. The van der Waals surface area contributed by atoms with Gasteiger partial charge in [0.05, 0.1) is 13.2 Å². The van der Waals surface area contributed by atoms with Gasteiger partial charge < -0.3 is 20.1 Å². The summed E-state index contributed by atoms with van der Waals surface area (Å²) in [6.07, 6.45) is -0.328. The molecule has 0 aromatic heterocycles. The van der Waals surface area contributed by atoms with Crippen molar-refractivity contribution in [3.63, 3.8) is 0 Å². The van der Waals surface area contributed by atoms with Gasteiger partial charge in [-0.25, -0.2) is 0 Å². The fourth-order valence-corrected chi connectivity index (χ4v) is 2.01. The van der Waals surface area contributed by atoms with Crippen molar-refractivity contribution in [2.75, 3.05) is 33.3 Å². The van der Waals surface area contributed by atoms with Crippen molar-refractivity contribution in [2.24, 2.45) is 0 Å². The molecule has 0 spiro atoms. The van der Waals surface area contributed by atoms with Gasteiger partial charge in [0.15, 0.2) is 0 Å². The quantitative estimate of drug-likeness (QED) is 0.711. The van der Waals surface area contributed by atoms with Gasteiger partial charge in [-0.15, -0.1) is 0 Å². The number of aliphatic hydroxyl groups is 1. The molecular formula is C15H26N2O2. The molecule has 0 radical (unpaired) electrons. The Morgan fingerprint density at radius 2 is 2.05 bits per heavy atom. The Morgan fingerprint density at radius 3 is 2.68 bits per heavy atom. The minimum atomic E-state index is -0.328. The van der Waals surface area contributed by atoms with Crippen molar-refractivity contribution in [1.82, 2.24) is 10.2 Å². The standard InChI is InChI=1S/C15H26N2O2/c1-4-17(5-2)12-14(18)11-16-10-13-7-6-8-15(9-13)19-3/h6-9,14,16,18H,4-5,10-12H2,1-3H3. The molecular weight excluding hydrogens is 240 g/mol. The first-order valence-corrected chi connectivity index (χ1v) is 6.93. The number of ether oxygens (including phenoxy) is 1. The molecule has 4 nitrogen and oxygen atoms in total. The fourth-order valence-electron chi connectivity index (χ4n) is 2.01. The Morgan fingerprint density at radius 1 is 1.32 bits per heavy atom. The molecule has 0 saturated heterocycles. The SMILES string of the molecule is CCN(CC)CC(O)CNCc1cccc(OC)c1. The molecule has 1 aromatic carbocycles. The van der Waals surface area contributed by atoms with E-state index in [1.54, 1.807) is 7.11 Å². The maximum Gasteiger partial charge on any atom is 0.119 e. The lowest BCUT2D eigenvalue weighted by Gasteiger charge is -2.22. The van der Waals surface area contributed by atoms with Crippen LogP contribution in [0.4, 0.5) is 0 Å². The second-order valence-corrected chi connectivity index (χ2v) is 4.62. The summed E-state index contributed by atoms with van der Waals surface area (Å²) in [7, 11) is 1.67. The van der Waals surface area contributed by atoms with Gasteiger partial charge >= 0.3 is 0 Å². The summed E-state index contributed by atoms with van der Waals surface area (Å²) in [5.41, 5.74) is 1.16. The van der Waals surface area contributed by atoms with E-state index in [0.717, 1.165) is 37.5 Å². The van der Waals surface area contributed by atoms with Gasteiger partial charge in [-0.3, -0.25) is 0 Å². The Kier molecular flexibility index (Phi) is 7.48. The van der Waals surface area contributed by atoms with Crippen LogP contribution in [0.2, 0.25) is 0 Å². The normalized spacial score (nSPS) is 12.7. The van der Waals surface area contributed by atoms with Crippen LogP contribution in [-0.4, -0.2) is 49.4 Å². The molecule has 1 aromatic rings. The molecule has 0 aliphatic rings. The molecule has 0 aliphatic heterocycles. The third-order valence-electron chi connectivity index (χ3n) is 3.21. The minimum absolute atomic E-state index is 0.328. The van der Waals surface area contributed by atoms with Crippen molar-refractivity contribution in [1.29, 1.82) is 0 Å². The lowest BCUT2D eigenvalue weighted by Crippen LogP contribution is -2.38. The zero-order valence-electron chi connectivity index (χ0n) is 12.2. The molecule has 0 saturated carbocycles. The number of nitrogens with one attached hydrogen (secondary N) is 1. The van der Waals surface area contributed by atoms with Crippen molar-refractivity contribution in [3.8, 4) is 5.75 Å². The number of hydrogen-bond donors (Lipinski definition) is 2. The van der Waals surface area contributed by atoms with Gasteiger partial charge in [0.25, 0.3) is 0 Å². The average Bonchev–Trinajstić information content (AvgIpc) is 2.45. The van der Waals surface area contributed by atoms with Crippen molar-refractivity contribution in [2.45, 2.75) is 26.5 Å². The van der Waals surface area contributed by atoms with Gasteiger partial charge in [0.2, 0.25) is 0 Å². The van der Waals surface area contributed by atoms with Gasteiger partial charge in [0, 0.05) is 19.6 Å². The molecule has 0 amide bonds. The molecule has 0 bridgehead atoms. The zero-order valence-corrected chi connectivity index (χ0v) is 12.2. The number of likely N-dealkylation sites (N-methyl/N-ethyl adjacent to an activating group) is 1. The van der Waals surface area contributed by atoms with E-state index in [9.17, 15) is 5.11 Å². The number of aliphatic hydroxyl groups excluding tert-OH is 1. The zero-order chi connectivity index (χ0) is 14.1. The summed E-state index contributed by atoms with van der Waals surface area (Å²) in [4.78, 5) is 2.22. The van der Waals surface area contributed by atoms with Crippen molar-refractivity contribution >= 4 is 0 Å². The molecule has 0 heterocycles. The molecule has 19 heavy (non-hydrogen) atoms.